The van der Waals surface area contributed by atoms with Gasteiger partial charge in [0.1, 0.15) is 0 Å². The first kappa shape index (κ1) is 21.4. The van der Waals surface area contributed by atoms with Crippen LogP contribution in [0.25, 0.3) is 21.8 Å². The molecule has 0 bridgehead atoms. The summed E-state index contributed by atoms with van der Waals surface area (Å²) in [6.45, 7) is 0. The molecule has 0 radical (unpaired) electrons. The number of sulfonamides is 1. The van der Waals surface area contributed by atoms with Crippen LogP contribution in [-0.2, 0) is 10.0 Å². The highest BCUT2D eigenvalue weighted by Gasteiger charge is 2.14. The van der Waals surface area contributed by atoms with Gasteiger partial charge in [0.05, 0.1) is 28.5 Å². The number of nitrogens with two attached hydrogens (primary N) is 1. The Bertz CT molecular complexity index is 1360. The smallest absolute Gasteiger partial charge is 0.250 e. The maximum absolute atomic E-state index is 11.9. The maximum atomic E-state index is 11.9. The summed E-state index contributed by atoms with van der Waals surface area (Å²) < 4.78 is 25.2. The second-order valence-corrected chi connectivity index (χ2v) is 8.39. The molecule has 0 saturated carbocycles. The molecule has 0 aliphatic heterocycles. The van der Waals surface area contributed by atoms with Gasteiger partial charge in [-0.05, 0) is 36.4 Å². The molecule has 0 unspecified atom stereocenters. The van der Waals surface area contributed by atoms with Crippen molar-refractivity contribution in [1.82, 2.24) is 4.98 Å². The van der Waals surface area contributed by atoms with E-state index in [1.54, 1.807) is 36.4 Å². The van der Waals surface area contributed by atoms with Gasteiger partial charge in [-0.3, -0.25) is 9.52 Å². The van der Waals surface area contributed by atoms with Gasteiger partial charge in [0.15, 0.2) is 0 Å². The van der Waals surface area contributed by atoms with Gasteiger partial charge in [0.25, 0.3) is 5.91 Å². The van der Waals surface area contributed by atoms with Crippen molar-refractivity contribution in [2.75, 3.05) is 16.3 Å². The van der Waals surface area contributed by atoms with Crippen LogP contribution in [0.1, 0.15) is 10.4 Å². The topological polar surface area (TPSA) is 114 Å². The van der Waals surface area contributed by atoms with Crippen molar-refractivity contribution in [3.8, 4) is 0 Å². The number of pyridine rings is 1. The maximum Gasteiger partial charge on any atom is 0.250 e. The predicted octanol–water partition coefficient (Wildman–Crippen LogP) is 4.02. The molecule has 1 heterocycles. The second kappa shape index (κ2) is 8.17. The van der Waals surface area contributed by atoms with E-state index in [9.17, 15) is 13.2 Å². The number of aromatic nitrogens is 1. The molecule has 4 N–H and O–H groups in total. The van der Waals surface area contributed by atoms with E-state index in [-0.39, 0.29) is 12.4 Å². The molecule has 0 aliphatic carbocycles. The number of anilines is 3. The zero-order chi connectivity index (χ0) is 20.6. The van der Waals surface area contributed by atoms with Crippen molar-refractivity contribution < 1.29 is 13.2 Å². The molecule has 9 heteroatoms. The molecule has 0 fully saturated rings. The van der Waals surface area contributed by atoms with Crippen LogP contribution in [0.4, 0.5) is 17.1 Å². The summed E-state index contributed by atoms with van der Waals surface area (Å²) in [4.78, 5) is 16.5. The SMILES string of the molecule is CS(=O)(=O)Nc1ccc(Nc2c3ccccc3nc3c(C(N)=O)cccc23)cc1.Cl. The minimum atomic E-state index is -3.34. The minimum absolute atomic E-state index is 0. The highest BCUT2D eigenvalue weighted by Crippen LogP contribution is 2.34. The minimum Gasteiger partial charge on any atom is -0.366 e. The standard InChI is InChI=1S/C21H18N4O3S.ClH/c1-29(27,28)25-14-11-9-13(10-12-14)23-19-15-5-2-3-8-18(15)24-20-16(19)6-4-7-17(20)21(22)26;/h2-12,25H,1H3,(H2,22,26)(H,23,24);1H. The first-order chi connectivity index (χ1) is 13.8. The Labute approximate surface area is 179 Å². The van der Waals surface area contributed by atoms with E-state index in [4.69, 9.17) is 5.73 Å². The van der Waals surface area contributed by atoms with Gasteiger partial charge in [0, 0.05) is 22.1 Å². The van der Waals surface area contributed by atoms with Gasteiger partial charge in [-0.1, -0.05) is 30.3 Å². The number of halogens is 1. The summed E-state index contributed by atoms with van der Waals surface area (Å²) in [5.74, 6) is -0.541. The molecule has 1 amide bonds. The monoisotopic (exact) mass is 442 g/mol. The van der Waals surface area contributed by atoms with E-state index in [2.05, 4.69) is 15.0 Å². The highest BCUT2D eigenvalue weighted by molar-refractivity contribution is 7.92. The number of nitrogens with zero attached hydrogens (tertiary/aromatic N) is 1. The molecule has 4 aromatic rings. The van der Waals surface area contributed by atoms with E-state index >= 15 is 0 Å². The zero-order valence-electron chi connectivity index (χ0n) is 15.9. The summed E-state index contributed by atoms with van der Waals surface area (Å²) in [7, 11) is -3.34. The number of amides is 1. The fourth-order valence-corrected chi connectivity index (χ4v) is 3.79. The zero-order valence-corrected chi connectivity index (χ0v) is 17.5. The van der Waals surface area contributed by atoms with E-state index in [0.717, 1.165) is 33.9 Å². The molecular weight excluding hydrogens is 424 g/mol. The largest absolute Gasteiger partial charge is 0.366 e. The quantitative estimate of drug-likeness (QED) is 0.404. The molecule has 7 nitrogen and oxygen atoms in total. The highest BCUT2D eigenvalue weighted by atomic mass is 35.5. The third kappa shape index (κ3) is 4.29. The molecule has 0 saturated heterocycles. The molecule has 1 aromatic heterocycles. The van der Waals surface area contributed by atoms with Crippen molar-refractivity contribution in [2.24, 2.45) is 5.73 Å². The lowest BCUT2D eigenvalue weighted by molar-refractivity contribution is 0.100. The summed E-state index contributed by atoms with van der Waals surface area (Å²) in [6.07, 6.45) is 1.10. The summed E-state index contributed by atoms with van der Waals surface area (Å²) >= 11 is 0. The van der Waals surface area contributed by atoms with Gasteiger partial charge in [-0.2, -0.15) is 0 Å². The van der Waals surface area contributed by atoms with Crippen LogP contribution in [0.15, 0.2) is 66.7 Å². The van der Waals surface area contributed by atoms with E-state index < -0.39 is 15.9 Å². The number of nitrogens with one attached hydrogen (secondary N) is 2. The third-order valence-electron chi connectivity index (χ3n) is 4.43. The first-order valence-electron chi connectivity index (χ1n) is 8.78. The average molecular weight is 443 g/mol. The Balaban J connectivity index is 0.00000256. The molecule has 4 rings (SSSR count). The normalized spacial score (nSPS) is 11.1. The Morgan fingerprint density at radius 1 is 0.900 bits per heavy atom. The number of carbonyl (C=O) groups is 1. The average Bonchev–Trinajstić information content (AvgIpc) is 2.67. The van der Waals surface area contributed by atoms with Gasteiger partial charge < -0.3 is 11.1 Å². The lowest BCUT2D eigenvalue weighted by Crippen LogP contribution is -2.12. The molecule has 154 valence electrons. The number of carbonyl (C=O) groups excluding carboxylic acids is 1. The molecule has 0 atom stereocenters. The molecular formula is C21H19ClN4O3S. The van der Waals surface area contributed by atoms with Crippen LogP contribution >= 0.6 is 12.4 Å². The van der Waals surface area contributed by atoms with Crippen molar-refractivity contribution in [2.45, 2.75) is 0 Å². The van der Waals surface area contributed by atoms with Gasteiger partial charge in [-0.25, -0.2) is 13.4 Å². The molecule has 0 aliphatic rings. The van der Waals surface area contributed by atoms with Gasteiger partial charge >= 0.3 is 0 Å². The Morgan fingerprint density at radius 2 is 1.53 bits per heavy atom. The van der Waals surface area contributed by atoms with Crippen molar-refractivity contribution in [1.29, 1.82) is 0 Å². The van der Waals surface area contributed by atoms with Crippen molar-refractivity contribution in [3.05, 3.63) is 72.3 Å². The predicted molar refractivity (Wildman–Crippen MR) is 123 cm³/mol. The van der Waals surface area contributed by atoms with Crippen LogP contribution in [-0.4, -0.2) is 25.6 Å². The van der Waals surface area contributed by atoms with Crippen molar-refractivity contribution in [3.63, 3.8) is 0 Å². The fraction of sp³-hybridized carbons (Fsp3) is 0.0476. The number of hydrogen-bond acceptors (Lipinski definition) is 5. The van der Waals surface area contributed by atoms with E-state index in [0.29, 0.717) is 16.8 Å². The molecule has 0 spiro atoms. The van der Waals surface area contributed by atoms with Gasteiger partial charge in [-0.15, -0.1) is 12.4 Å². The lowest BCUT2D eigenvalue weighted by Gasteiger charge is -2.15. The van der Waals surface area contributed by atoms with Crippen LogP contribution < -0.4 is 15.8 Å². The van der Waals surface area contributed by atoms with Crippen LogP contribution in [0.2, 0.25) is 0 Å². The first-order valence-corrected chi connectivity index (χ1v) is 10.7. The van der Waals surface area contributed by atoms with E-state index in [1.165, 1.54) is 0 Å². The van der Waals surface area contributed by atoms with Crippen LogP contribution in [0, 0.1) is 0 Å². The number of para-hydroxylation sites is 2. The summed E-state index contributed by atoms with van der Waals surface area (Å²) in [6, 6.07) is 19.8. The van der Waals surface area contributed by atoms with E-state index in [1.807, 2.05) is 30.3 Å². The summed E-state index contributed by atoms with van der Waals surface area (Å²) in [5.41, 5.74) is 9.16. The van der Waals surface area contributed by atoms with Crippen LogP contribution in [0.5, 0.6) is 0 Å². The lowest BCUT2D eigenvalue weighted by atomic mass is 10.0. The number of rotatable bonds is 5. The number of hydrogen-bond donors (Lipinski definition) is 3. The number of benzene rings is 3. The Hall–Kier alpha value is -3.36. The van der Waals surface area contributed by atoms with Crippen molar-refractivity contribution >= 4 is 67.2 Å². The Kier molecular flexibility index (Phi) is 5.82. The van der Waals surface area contributed by atoms with Gasteiger partial charge in [0.2, 0.25) is 10.0 Å². The molecule has 3 aromatic carbocycles. The number of primary amides is 1. The fourth-order valence-electron chi connectivity index (χ4n) is 3.23. The summed E-state index contributed by atoms with van der Waals surface area (Å²) in [5, 5.41) is 5.03. The molecule has 30 heavy (non-hydrogen) atoms. The Morgan fingerprint density at radius 3 is 2.20 bits per heavy atom. The number of fused-ring (bicyclic) bond motifs is 2. The van der Waals surface area contributed by atoms with Crippen LogP contribution in [0.3, 0.4) is 0 Å². The third-order valence-corrected chi connectivity index (χ3v) is 5.04. The second-order valence-electron chi connectivity index (χ2n) is 6.65.